The molecular weight excluding hydrogens is 413 g/mol. The lowest BCUT2D eigenvalue weighted by Gasteiger charge is -2.11. The first kappa shape index (κ1) is 16.8. The van der Waals surface area contributed by atoms with Crippen LogP contribution in [0.25, 0.3) is 0 Å². The molecule has 1 aromatic rings. The molecule has 1 rings (SSSR count). The zero-order valence-corrected chi connectivity index (χ0v) is 12.7. The number of alkyl halides is 3. The molecule has 0 bridgehead atoms. The van der Waals surface area contributed by atoms with Crippen LogP contribution >= 0.6 is 31.9 Å². The van der Waals surface area contributed by atoms with Crippen LogP contribution in [-0.4, -0.2) is 24.6 Å². The van der Waals surface area contributed by atoms with Crippen molar-refractivity contribution in [2.24, 2.45) is 0 Å². The predicted molar refractivity (Wildman–Crippen MR) is 69.7 cm³/mol. The molecule has 5 nitrogen and oxygen atoms in total. The van der Waals surface area contributed by atoms with Crippen molar-refractivity contribution in [3.05, 3.63) is 27.1 Å². The number of hydrogen-bond donors (Lipinski definition) is 2. The van der Waals surface area contributed by atoms with Gasteiger partial charge in [-0.2, -0.15) is 13.2 Å². The van der Waals surface area contributed by atoms with Crippen molar-refractivity contribution in [3.8, 4) is 5.75 Å². The maximum Gasteiger partial charge on any atom is 0.472 e. The predicted octanol–water partition coefficient (Wildman–Crippen LogP) is 2.30. The number of rotatable bonds is 3. The molecule has 0 spiro atoms. The van der Waals surface area contributed by atoms with E-state index in [0.717, 1.165) is 4.47 Å². The third-order valence-corrected chi connectivity index (χ3v) is 2.94. The van der Waals surface area contributed by atoms with E-state index >= 15 is 0 Å². The molecule has 0 aromatic heterocycles. The van der Waals surface area contributed by atoms with Crippen molar-refractivity contribution in [2.75, 3.05) is 6.61 Å². The number of amides is 2. The van der Waals surface area contributed by atoms with Crippen molar-refractivity contribution in [1.82, 2.24) is 10.9 Å². The van der Waals surface area contributed by atoms with Crippen LogP contribution in [0.4, 0.5) is 13.2 Å². The van der Waals surface area contributed by atoms with Gasteiger partial charge < -0.3 is 4.74 Å². The largest absolute Gasteiger partial charge is 0.483 e. The lowest BCUT2D eigenvalue weighted by Crippen LogP contribution is -2.49. The third-order valence-electron chi connectivity index (χ3n) is 1.83. The second kappa shape index (κ2) is 6.93. The highest BCUT2D eigenvalue weighted by Crippen LogP contribution is 2.28. The average Bonchev–Trinajstić information content (AvgIpc) is 2.33. The van der Waals surface area contributed by atoms with Crippen LogP contribution < -0.4 is 15.6 Å². The Morgan fingerprint density at radius 1 is 1.20 bits per heavy atom. The van der Waals surface area contributed by atoms with Crippen molar-refractivity contribution in [1.29, 1.82) is 0 Å². The highest BCUT2D eigenvalue weighted by molar-refractivity contribution is 9.11. The summed E-state index contributed by atoms with van der Waals surface area (Å²) < 4.78 is 41.9. The van der Waals surface area contributed by atoms with Gasteiger partial charge in [-0.15, -0.1) is 0 Å². The Labute approximate surface area is 128 Å². The van der Waals surface area contributed by atoms with Gasteiger partial charge in [0, 0.05) is 4.47 Å². The van der Waals surface area contributed by atoms with Crippen LogP contribution in [0.2, 0.25) is 0 Å². The molecule has 0 saturated heterocycles. The Balaban J connectivity index is 2.42. The van der Waals surface area contributed by atoms with Crippen molar-refractivity contribution in [3.63, 3.8) is 0 Å². The molecule has 2 amide bonds. The number of halogens is 5. The summed E-state index contributed by atoms with van der Waals surface area (Å²) in [5.41, 5.74) is 2.80. The number of hydrogen-bond acceptors (Lipinski definition) is 3. The van der Waals surface area contributed by atoms with E-state index in [1.54, 1.807) is 23.6 Å². The monoisotopic (exact) mass is 418 g/mol. The normalized spacial score (nSPS) is 10.8. The summed E-state index contributed by atoms with van der Waals surface area (Å²) in [4.78, 5) is 21.6. The van der Waals surface area contributed by atoms with Crippen LogP contribution in [0.3, 0.4) is 0 Å². The van der Waals surface area contributed by atoms with Crippen molar-refractivity contribution < 1.29 is 27.5 Å². The van der Waals surface area contributed by atoms with Crippen LogP contribution in [0.15, 0.2) is 27.1 Å². The van der Waals surface area contributed by atoms with Gasteiger partial charge in [-0.3, -0.25) is 20.4 Å². The molecule has 0 saturated carbocycles. The van der Waals surface area contributed by atoms with E-state index in [1.165, 1.54) is 5.43 Å². The summed E-state index contributed by atoms with van der Waals surface area (Å²) >= 11 is 6.40. The molecule has 2 N–H and O–H groups in total. The topological polar surface area (TPSA) is 67.4 Å². The molecular formula is C10H7Br2F3N2O3. The van der Waals surface area contributed by atoms with Crippen LogP contribution in [0.5, 0.6) is 5.75 Å². The van der Waals surface area contributed by atoms with E-state index < -0.39 is 24.6 Å². The van der Waals surface area contributed by atoms with Crippen LogP contribution in [-0.2, 0) is 9.59 Å². The molecule has 0 radical (unpaired) electrons. The summed E-state index contributed by atoms with van der Waals surface area (Å²) in [6.07, 6.45) is -5.07. The minimum Gasteiger partial charge on any atom is -0.483 e. The average molecular weight is 420 g/mol. The molecule has 1 aromatic carbocycles. The van der Waals surface area contributed by atoms with E-state index in [2.05, 4.69) is 31.9 Å². The van der Waals surface area contributed by atoms with Crippen LogP contribution in [0, 0.1) is 0 Å². The zero-order valence-electron chi connectivity index (χ0n) is 9.55. The van der Waals surface area contributed by atoms with Crippen LogP contribution in [0.1, 0.15) is 0 Å². The maximum atomic E-state index is 11.8. The highest BCUT2D eigenvalue weighted by atomic mass is 79.9. The Bertz CT molecular complexity index is 523. The molecule has 0 atom stereocenters. The molecule has 0 aliphatic carbocycles. The minimum absolute atomic E-state index is 0.325. The Morgan fingerprint density at radius 3 is 2.40 bits per heavy atom. The quantitative estimate of drug-likeness (QED) is 0.739. The number of nitrogens with one attached hydrogen (secondary N) is 2. The maximum absolute atomic E-state index is 11.8. The first-order valence-corrected chi connectivity index (χ1v) is 6.52. The molecule has 20 heavy (non-hydrogen) atoms. The summed E-state index contributed by atoms with van der Waals surface area (Å²) in [5.74, 6) is -2.88. The van der Waals surface area contributed by atoms with Gasteiger partial charge in [0.05, 0.1) is 4.47 Å². The standard InChI is InChI=1S/C10H7Br2F3N2O3/c11-5-1-2-7(6(12)3-5)20-4-8(18)16-17-9(19)10(13,14)15/h1-3H,4H2,(H,16,18)(H,17,19). The van der Waals surface area contributed by atoms with Gasteiger partial charge >= 0.3 is 12.1 Å². The first-order valence-electron chi connectivity index (χ1n) is 4.94. The van der Waals surface area contributed by atoms with E-state index in [-0.39, 0.29) is 0 Å². The second-order valence-corrected chi connectivity index (χ2v) is 5.13. The Hall–Kier alpha value is -1.29. The van der Waals surface area contributed by atoms with E-state index in [4.69, 9.17) is 4.74 Å². The first-order chi connectivity index (χ1) is 9.20. The number of carbonyl (C=O) groups excluding carboxylic acids is 2. The summed E-state index contributed by atoms with van der Waals surface area (Å²) in [6.45, 7) is -0.557. The molecule has 10 heteroatoms. The smallest absolute Gasteiger partial charge is 0.472 e. The van der Waals surface area contributed by atoms with Gasteiger partial charge in [-0.25, -0.2) is 0 Å². The summed E-state index contributed by atoms with van der Waals surface area (Å²) in [5, 5.41) is 0. The summed E-state index contributed by atoms with van der Waals surface area (Å²) in [6, 6.07) is 4.87. The lowest BCUT2D eigenvalue weighted by molar-refractivity contribution is -0.175. The number of hydrazine groups is 1. The fraction of sp³-hybridized carbons (Fsp3) is 0.200. The zero-order chi connectivity index (χ0) is 15.3. The van der Waals surface area contributed by atoms with Crippen molar-refractivity contribution >= 4 is 43.7 Å². The molecule has 110 valence electrons. The number of carbonyl (C=O) groups is 2. The van der Waals surface area contributed by atoms with Gasteiger partial charge in [-0.1, -0.05) is 15.9 Å². The molecule has 0 aliphatic heterocycles. The van der Waals surface area contributed by atoms with E-state index in [0.29, 0.717) is 10.2 Å². The highest BCUT2D eigenvalue weighted by Gasteiger charge is 2.38. The SMILES string of the molecule is O=C(COc1ccc(Br)cc1Br)NNC(=O)C(F)(F)F. The Morgan fingerprint density at radius 2 is 1.85 bits per heavy atom. The Kier molecular flexibility index (Phi) is 5.81. The van der Waals surface area contributed by atoms with Gasteiger partial charge in [0.2, 0.25) is 0 Å². The molecule has 0 heterocycles. The molecule has 0 fully saturated rings. The lowest BCUT2D eigenvalue weighted by atomic mass is 10.3. The van der Waals surface area contributed by atoms with E-state index in [1.807, 2.05) is 0 Å². The van der Waals surface area contributed by atoms with Crippen molar-refractivity contribution in [2.45, 2.75) is 6.18 Å². The minimum atomic E-state index is -5.07. The fourth-order valence-corrected chi connectivity index (χ4v) is 2.13. The molecule has 0 unspecified atom stereocenters. The van der Waals surface area contributed by atoms with Gasteiger partial charge in [-0.05, 0) is 34.1 Å². The second-order valence-electron chi connectivity index (χ2n) is 3.36. The van der Waals surface area contributed by atoms with Gasteiger partial charge in [0.1, 0.15) is 5.75 Å². The molecule has 0 aliphatic rings. The number of benzene rings is 1. The summed E-state index contributed by atoms with van der Waals surface area (Å²) in [7, 11) is 0. The third kappa shape index (κ3) is 5.37. The fourth-order valence-electron chi connectivity index (χ4n) is 0.969. The van der Waals surface area contributed by atoms with E-state index in [9.17, 15) is 22.8 Å². The number of ether oxygens (including phenoxy) is 1. The van der Waals surface area contributed by atoms with Gasteiger partial charge in [0.25, 0.3) is 5.91 Å². The van der Waals surface area contributed by atoms with Gasteiger partial charge in [0.15, 0.2) is 6.61 Å².